The van der Waals surface area contributed by atoms with Crippen LogP contribution in [0.5, 0.6) is 0 Å². The molecule has 4 nitrogen and oxygen atoms in total. The van der Waals surface area contributed by atoms with E-state index in [9.17, 15) is 22.4 Å². The van der Waals surface area contributed by atoms with Gasteiger partial charge in [0, 0.05) is 18.1 Å². The topological polar surface area (TPSA) is 46.4 Å². The van der Waals surface area contributed by atoms with E-state index >= 15 is 0 Å². The second-order valence-corrected chi connectivity index (χ2v) is 4.77. The van der Waals surface area contributed by atoms with Gasteiger partial charge in [0.1, 0.15) is 17.2 Å². The molecule has 0 unspecified atom stereocenters. The summed E-state index contributed by atoms with van der Waals surface area (Å²) in [6.07, 6.45) is -2.06. The molecule has 0 aliphatic heterocycles. The third-order valence-corrected chi connectivity index (χ3v) is 3.10. The van der Waals surface area contributed by atoms with Gasteiger partial charge in [-0.25, -0.2) is 9.37 Å². The minimum Gasteiger partial charge on any atom is -0.321 e. The Hall–Kier alpha value is -2.90. The number of carbonyl (C=O) groups is 1. The number of hydrogen-bond acceptors (Lipinski definition) is 2. The van der Waals surface area contributed by atoms with Crippen LogP contribution in [-0.4, -0.2) is 15.3 Å². The molecule has 0 aliphatic carbocycles. The SMILES string of the molecule is O=C(Nc1cccc(C(F)(F)F)c1)c1cn2cc(F)ccc2n1. The Balaban J connectivity index is 1.86. The molecule has 1 N–H and O–H groups in total. The highest BCUT2D eigenvalue weighted by atomic mass is 19.4. The zero-order chi connectivity index (χ0) is 16.6. The van der Waals surface area contributed by atoms with Gasteiger partial charge in [-0.1, -0.05) is 6.07 Å². The number of carbonyl (C=O) groups excluding carboxylic acids is 1. The standard InChI is InChI=1S/C15H9F4N3O/c16-10-4-5-13-21-12(8-22(13)7-10)14(23)20-11-3-1-2-9(6-11)15(17,18)19/h1-8H,(H,20,23). The van der Waals surface area contributed by atoms with Crippen molar-refractivity contribution in [2.45, 2.75) is 6.18 Å². The fourth-order valence-electron chi connectivity index (χ4n) is 2.04. The molecule has 0 bridgehead atoms. The zero-order valence-corrected chi connectivity index (χ0v) is 11.4. The van der Waals surface area contributed by atoms with Crippen LogP contribution >= 0.6 is 0 Å². The molecule has 118 valence electrons. The smallest absolute Gasteiger partial charge is 0.321 e. The molecule has 8 heteroatoms. The summed E-state index contributed by atoms with van der Waals surface area (Å²) >= 11 is 0. The lowest BCUT2D eigenvalue weighted by molar-refractivity contribution is -0.137. The molecular weight excluding hydrogens is 314 g/mol. The van der Waals surface area contributed by atoms with Crippen molar-refractivity contribution in [1.82, 2.24) is 9.38 Å². The van der Waals surface area contributed by atoms with Crippen LogP contribution in [0.1, 0.15) is 16.1 Å². The number of imidazole rings is 1. The van der Waals surface area contributed by atoms with E-state index in [1.165, 1.54) is 34.9 Å². The number of fused-ring (bicyclic) bond motifs is 1. The van der Waals surface area contributed by atoms with E-state index in [4.69, 9.17) is 0 Å². The van der Waals surface area contributed by atoms with Gasteiger partial charge < -0.3 is 9.72 Å². The summed E-state index contributed by atoms with van der Waals surface area (Å²) in [5.74, 6) is -1.19. The van der Waals surface area contributed by atoms with E-state index in [0.29, 0.717) is 5.65 Å². The molecule has 1 amide bonds. The molecule has 0 spiro atoms. The van der Waals surface area contributed by atoms with Crippen molar-refractivity contribution < 1.29 is 22.4 Å². The molecule has 0 atom stereocenters. The van der Waals surface area contributed by atoms with Crippen molar-refractivity contribution >= 4 is 17.2 Å². The highest BCUT2D eigenvalue weighted by Crippen LogP contribution is 2.30. The maximum atomic E-state index is 13.1. The summed E-state index contributed by atoms with van der Waals surface area (Å²) in [5, 5.41) is 2.34. The van der Waals surface area contributed by atoms with Gasteiger partial charge in [0.25, 0.3) is 5.91 Å². The van der Waals surface area contributed by atoms with Gasteiger partial charge in [-0.15, -0.1) is 0 Å². The molecule has 0 fully saturated rings. The summed E-state index contributed by atoms with van der Waals surface area (Å²) in [4.78, 5) is 16.1. The van der Waals surface area contributed by atoms with E-state index in [1.54, 1.807) is 0 Å². The number of pyridine rings is 1. The van der Waals surface area contributed by atoms with Crippen molar-refractivity contribution in [2.24, 2.45) is 0 Å². The lowest BCUT2D eigenvalue weighted by atomic mass is 10.2. The molecule has 1 aromatic carbocycles. The first kappa shape index (κ1) is 15.0. The van der Waals surface area contributed by atoms with E-state index in [1.807, 2.05) is 0 Å². The highest BCUT2D eigenvalue weighted by Gasteiger charge is 2.30. The molecule has 0 saturated heterocycles. The van der Waals surface area contributed by atoms with Gasteiger partial charge in [-0.05, 0) is 30.3 Å². The lowest BCUT2D eigenvalue weighted by Crippen LogP contribution is -2.13. The molecule has 23 heavy (non-hydrogen) atoms. The lowest BCUT2D eigenvalue weighted by Gasteiger charge is -2.09. The van der Waals surface area contributed by atoms with Crippen LogP contribution in [0.4, 0.5) is 23.2 Å². The fourth-order valence-corrected chi connectivity index (χ4v) is 2.04. The van der Waals surface area contributed by atoms with Crippen molar-refractivity contribution in [2.75, 3.05) is 5.32 Å². The number of rotatable bonds is 2. The Morgan fingerprint density at radius 3 is 2.65 bits per heavy atom. The van der Waals surface area contributed by atoms with Gasteiger partial charge >= 0.3 is 6.18 Å². The average molecular weight is 323 g/mol. The molecule has 0 radical (unpaired) electrons. The molecule has 0 aliphatic rings. The van der Waals surface area contributed by atoms with Crippen LogP contribution in [0.15, 0.2) is 48.8 Å². The van der Waals surface area contributed by atoms with Gasteiger partial charge in [0.2, 0.25) is 0 Å². The number of nitrogens with zero attached hydrogens (tertiary/aromatic N) is 2. The predicted octanol–water partition coefficient (Wildman–Crippen LogP) is 3.74. The number of amides is 1. The molecule has 2 heterocycles. The summed E-state index contributed by atoms with van der Waals surface area (Å²) in [5.41, 5.74) is -0.561. The van der Waals surface area contributed by atoms with Gasteiger partial charge in [-0.2, -0.15) is 13.2 Å². The Morgan fingerprint density at radius 1 is 1.13 bits per heavy atom. The Labute approximate surface area is 127 Å². The molecule has 3 rings (SSSR count). The number of nitrogens with one attached hydrogen (secondary N) is 1. The van der Waals surface area contributed by atoms with E-state index in [2.05, 4.69) is 10.3 Å². The first-order chi connectivity index (χ1) is 10.8. The highest BCUT2D eigenvalue weighted by molar-refractivity contribution is 6.03. The Bertz CT molecular complexity index is 886. The summed E-state index contributed by atoms with van der Waals surface area (Å²) in [7, 11) is 0. The minimum absolute atomic E-state index is 0.00642. The summed E-state index contributed by atoms with van der Waals surface area (Å²) in [6.45, 7) is 0. The van der Waals surface area contributed by atoms with E-state index in [-0.39, 0.29) is 11.4 Å². The van der Waals surface area contributed by atoms with Crippen LogP contribution in [0.25, 0.3) is 5.65 Å². The van der Waals surface area contributed by atoms with Gasteiger partial charge in [0.15, 0.2) is 0 Å². The number of halogens is 4. The number of alkyl halides is 3. The average Bonchev–Trinajstić information content (AvgIpc) is 2.90. The van der Waals surface area contributed by atoms with Crippen LogP contribution < -0.4 is 5.32 Å². The maximum Gasteiger partial charge on any atom is 0.416 e. The normalized spacial score (nSPS) is 11.7. The molecule has 0 saturated carbocycles. The predicted molar refractivity (Wildman–Crippen MR) is 74.5 cm³/mol. The molecule has 2 aromatic heterocycles. The summed E-state index contributed by atoms with van der Waals surface area (Å²) < 4.78 is 52.3. The van der Waals surface area contributed by atoms with Crippen molar-refractivity contribution in [3.8, 4) is 0 Å². The van der Waals surface area contributed by atoms with Gasteiger partial charge in [-0.3, -0.25) is 4.79 Å². The number of hydrogen-bond donors (Lipinski definition) is 1. The van der Waals surface area contributed by atoms with E-state index < -0.39 is 23.5 Å². The van der Waals surface area contributed by atoms with Crippen LogP contribution in [0, 0.1) is 5.82 Å². The second-order valence-electron chi connectivity index (χ2n) is 4.77. The summed E-state index contributed by atoms with van der Waals surface area (Å²) in [6, 6.07) is 6.84. The first-order valence-electron chi connectivity index (χ1n) is 6.46. The quantitative estimate of drug-likeness (QED) is 0.730. The second kappa shape index (κ2) is 5.38. The van der Waals surface area contributed by atoms with Crippen molar-refractivity contribution in [1.29, 1.82) is 0 Å². The maximum absolute atomic E-state index is 13.1. The van der Waals surface area contributed by atoms with Crippen molar-refractivity contribution in [3.63, 3.8) is 0 Å². The Morgan fingerprint density at radius 2 is 1.91 bits per heavy atom. The van der Waals surface area contributed by atoms with Crippen LogP contribution in [0.2, 0.25) is 0 Å². The third-order valence-electron chi connectivity index (χ3n) is 3.10. The number of benzene rings is 1. The van der Waals surface area contributed by atoms with Gasteiger partial charge in [0.05, 0.1) is 5.56 Å². The van der Waals surface area contributed by atoms with Crippen LogP contribution in [0.3, 0.4) is 0 Å². The van der Waals surface area contributed by atoms with Crippen molar-refractivity contribution in [3.05, 3.63) is 65.9 Å². The first-order valence-corrected chi connectivity index (χ1v) is 6.46. The molecule has 3 aromatic rings. The fraction of sp³-hybridized carbons (Fsp3) is 0.0667. The number of anilines is 1. The monoisotopic (exact) mass is 323 g/mol. The molecular formula is C15H9F4N3O. The Kier molecular flexibility index (Phi) is 3.51. The van der Waals surface area contributed by atoms with E-state index in [0.717, 1.165) is 18.3 Å². The third kappa shape index (κ3) is 3.15. The van der Waals surface area contributed by atoms with Crippen LogP contribution in [-0.2, 0) is 6.18 Å². The minimum atomic E-state index is -4.50. The largest absolute Gasteiger partial charge is 0.416 e. The zero-order valence-electron chi connectivity index (χ0n) is 11.4. The number of aromatic nitrogens is 2.